The Kier molecular flexibility index (Phi) is 4.03. The summed E-state index contributed by atoms with van der Waals surface area (Å²) in [5.41, 5.74) is 2.94. The van der Waals surface area contributed by atoms with Crippen molar-refractivity contribution in [3.63, 3.8) is 0 Å². The zero-order valence-corrected chi connectivity index (χ0v) is 17.7. The van der Waals surface area contributed by atoms with Crippen LogP contribution in [0.1, 0.15) is 85.0 Å². The summed E-state index contributed by atoms with van der Waals surface area (Å²) in [6.07, 6.45) is 14.4. The van der Waals surface area contributed by atoms with Crippen LogP contribution in [0.4, 0.5) is 0 Å². The van der Waals surface area contributed by atoms with Crippen molar-refractivity contribution >= 4 is 11.8 Å². The van der Waals surface area contributed by atoms with Crippen molar-refractivity contribution in [3.05, 3.63) is 23.3 Å². The molecule has 0 aromatic heterocycles. The van der Waals surface area contributed by atoms with Crippen LogP contribution in [0, 0.1) is 28.6 Å². The molecule has 1 heterocycles. The van der Waals surface area contributed by atoms with E-state index in [0.29, 0.717) is 36.4 Å². The second kappa shape index (κ2) is 6.06. The van der Waals surface area contributed by atoms with Crippen LogP contribution in [-0.4, -0.2) is 17.4 Å². The fraction of sp³-hybridized carbons (Fsp3) is 0.760. The molecule has 0 radical (unpaired) electrons. The number of allylic oxidation sites excluding steroid dienone is 4. The van der Waals surface area contributed by atoms with Gasteiger partial charge >= 0.3 is 5.97 Å². The molecule has 2 saturated carbocycles. The largest absolute Gasteiger partial charge is 0.458 e. The standard InChI is InChI=1S/C25H34O3/c1-4-5-16-14-17-15-18(26)6-10-23(17,2)19-7-11-24(3)20(22(16)19)8-12-25(24)13-9-21(27)28-25/h7,15-16,20,22H,4-6,8-14H2,1-3H3/t16-,20?,22?,23+,24+,25-/m1/s1. The Morgan fingerprint density at radius 2 is 1.96 bits per heavy atom. The molecule has 5 aliphatic rings. The highest BCUT2D eigenvalue weighted by atomic mass is 16.6. The first-order chi connectivity index (χ1) is 13.3. The van der Waals surface area contributed by atoms with E-state index in [1.54, 1.807) is 5.57 Å². The highest BCUT2D eigenvalue weighted by molar-refractivity contribution is 5.92. The van der Waals surface area contributed by atoms with Crippen LogP contribution in [0.2, 0.25) is 0 Å². The first kappa shape index (κ1) is 18.6. The zero-order chi connectivity index (χ0) is 19.7. The quantitative estimate of drug-likeness (QED) is 0.465. The molecule has 5 rings (SSSR count). The minimum absolute atomic E-state index is 0.00776. The number of hydrogen-bond donors (Lipinski definition) is 0. The van der Waals surface area contributed by atoms with Crippen LogP contribution in [-0.2, 0) is 14.3 Å². The van der Waals surface area contributed by atoms with Crippen LogP contribution in [0.25, 0.3) is 0 Å². The minimum Gasteiger partial charge on any atom is -0.458 e. The van der Waals surface area contributed by atoms with Crippen molar-refractivity contribution in [2.24, 2.45) is 28.6 Å². The average molecular weight is 383 g/mol. The Bertz CT molecular complexity index is 792. The molecule has 1 spiro atoms. The van der Waals surface area contributed by atoms with Crippen molar-refractivity contribution < 1.29 is 14.3 Å². The zero-order valence-electron chi connectivity index (χ0n) is 17.7. The number of esters is 1. The van der Waals surface area contributed by atoms with E-state index in [-0.39, 0.29) is 22.4 Å². The van der Waals surface area contributed by atoms with Crippen LogP contribution in [0.15, 0.2) is 23.3 Å². The van der Waals surface area contributed by atoms with E-state index in [0.717, 1.165) is 32.1 Å². The topological polar surface area (TPSA) is 43.4 Å². The molecular formula is C25H34O3. The number of carbonyl (C=O) groups excluding carboxylic acids is 2. The van der Waals surface area contributed by atoms with Crippen LogP contribution in [0.5, 0.6) is 0 Å². The van der Waals surface area contributed by atoms with Gasteiger partial charge in [0.15, 0.2) is 5.78 Å². The Hall–Kier alpha value is -1.38. The van der Waals surface area contributed by atoms with Gasteiger partial charge in [0.2, 0.25) is 0 Å². The van der Waals surface area contributed by atoms with Gasteiger partial charge in [-0.25, -0.2) is 0 Å². The van der Waals surface area contributed by atoms with E-state index in [2.05, 4.69) is 26.8 Å². The summed E-state index contributed by atoms with van der Waals surface area (Å²) in [6, 6.07) is 0. The highest BCUT2D eigenvalue weighted by Crippen LogP contribution is 2.69. The molecule has 1 aliphatic heterocycles. The van der Waals surface area contributed by atoms with E-state index in [1.807, 2.05) is 6.08 Å². The fourth-order valence-corrected chi connectivity index (χ4v) is 7.93. The predicted octanol–water partition coefficient (Wildman–Crippen LogP) is 5.54. The van der Waals surface area contributed by atoms with E-state index < -0.39 is 0 Å². The summed E-state index contributed by atoms with van der Waals surface area (Å²) in [6.45, 7) is 7.10. The maximum absolute atomic E-state index is 12.2. The SMILES string of the molecule is CCC[C@@H]1CC2=CC(=O)CC[C@]2(C)C2=CC[C@@]3(C)C(CC[C@@]34CCC(=O)O4)C21. The summed E-state index contributed by atoms with van der Waals surface area (Å²) in [5, 5.41) is 0. The van der Waals surface area contributed by atoms with E-state index in [9.17, 15) is 9.59 Å². The third-order valence-electron chi connectivity index (χ3n) is 9.50. The molecule has 0 aromatic carbocycles. The number of rotatable bonds is 2. The molecule has 1 saturated heterocycles. The first-order valence-corrected chi connectivity index (χ1v) is 11.5. The average Bonchev–Trinajstić information content (AvgIpc) is 3.18. The maximum atomic E-state index is 12.2. The molecule has 6 atom stereocenters. The summed E-state index contributed by atoms with van der Waals surface area (Å²) in [4.78, 5) is 24.2. The van der Waals surface area contributed by atoms with Crippen molar-refractivity contribution in [3.8, 4) is 0 Å². The monoisotopic (exact) mass is 382 g/mol. The maximum Gasteiger partial charge on any atom is 0.306 e. The minimum atomic E-state index is -0.229. The smallest absolute Gasteiger partial charge is 0.306 e. The second-order valence-electron chi connectivity index (χ2n) is 10.6. The van der Waals surface area contributed by atoms with E-state index >= 15 is 0 Å². The third kappa shape index (κ3) is 2.28. The van der Waals surface area contributed by atoms with Crippen molar-refractivity contribution in [2.45, 2.75) is 90.6 Å². The van der Waals surface area contributed by atoms with Gasteiger partial charge in [0.25, 0.3) is 0 Å². The van der Waals surface area contributed by atoms with Crippen molar-refractivity contribution in [1.82, 2.24) is 0 Å². The molecule has 3 nitrogen and oxygen atoms in total. The lowest BCUT2D eigenvalue weighted by atomic mass is 9.47. The Morgan fingerprint density at radius 3 is 2.68 bits per heavy atom. The summed E-state index contributed by atoms with van der Waals surface area (Å²) in [5.74, 6) is 2.14. The van der Waals surface area contributed by atoms with Crippen LogP contribution < -0.4 is 0 Å². The molecule has 3 fully saturated rings. The van der Waals surface area contributed by atoms with Gasteiger partial charge in [-0.15, -0.1) is 0 Å². The molecule has 0 amide bonds. The van der Waals surface area contributed by atoms with Gasteiger partial charge in [-0.05, 0) is 68.8 Å². The van der Waals surface area contributed by atoms with Gasteiger partial charge in [0.05, 0.1) is 0 Å². The van der Waals surface area contributed by atoms with Gasteiger partial charge in [0, 0.05) is 23.7 Å². The third-order valence-corrected chi connectivity index (χ3v) is 9.50. The van der Waals surface area contributed by atoms with Gasteiger partial charge < -0.3 is 4.74 Å². The summed E-state index contributed by atoms with van der Waals surface area (Å²) >= 11 is 0. The molecule has 3 heteroatoms. The molecule has 0 aromatic rings. The predicted molar refractivity (Wildman–Crippen MR) is 109 cm³/mol. The van der Waals surface area contributed by atoms with Crippen molar-refractivity contribution in [1.29, 1.82) is 0 Å². The van der Waals surface area contributed by atoms with Crippen molar-refractivity contribution in [2.75, 3.05) is 0 Å². The van der Waals surface area contributed by atoms with Crippen LogP contribution >= 0.6 is 0 Å². The first-order valence-electron chi connectivity index (χ1n) is 11.5. The summed E-state index contributed by atoms with van der Waals surface area (Å²) < 4.78 is 6.08. The van der Waals surface area contributed by atoms with Gasteiger partial charge in [0.1, 0.15) is 5.60 Å². The Balaban J connectivity index is 1.60. The molecule has 2 unspecified atom stereocenters. The summed E-state index contributed by atoms with van der Waals surface area (Å²) in [7, 11) is 0. The van der Waals surface area contributed by atoms with E-state index in [4.69, 9.17) is 4.74 Å². The number of ether oxygens (including phenoxy) is 1. The van der Waals surface area contributed by atoms with Gasteiger partial charge in [-0.3, -0.25) is 9.59 Å². The molecule has 4 aliphatic carbocycles. The Labute approximate surface area is 169 Å². The number of fused-ring (bicyclic) bond motifs is 6. The lowest BCUT2D eigenvalue weighted by Crippen LogP contribution is -2.52. The molecule has 28 heavy (non-hydrogen) atoms. The normalized spacial score (nSPS) is 47.2. The van der Waals surface area contributed by atoms with Gasteiger partial charge in [-0.1, -0.05) is 44.4 Å². The number of ketones is 1. The molecule has 152 valence electrons. The molecule has 0 bridgehead atoms. The number of hydrogen-bond acceptors (Lipinski definition) is 3. The lowest BCUT2D eigenvalue weighted by molar-refractivity contribution is -0.160. The molecule has 0 N–H and O–H groups in total. The van der Waals surface area contributed by atoms with Crippen LogP contribution in [0.3, 0.4) is 0 Å². The van der Waals surface area contributed by atoms with Gasteiger partial charge in [-0.2, -0.15) is 0 Å². The fourth-order valence-electron chi connectivity index (χ4n) is 7.93. The second-order valence-corrected chi connectivity index (χ2v) is 10.6. The Morgan fingerprint density at radius 1 is 1.14 bits per heavy atom. The highest BCUT2D eigenvalue weighted by Gasteiger charge is 2.66. The van der Waals surface area contributed by atoms with E-state index in [1.165, 1.54) is 24.8 Å². The lowest BCUT2D eigenvalue weighted by Gasteiger charge is -2.57. The number of carbonyl (C=O) groups is 2. The molecular weight excluding hydrogens is 348 g/mol.